The first-order valence-corrected chi connectivity index (χ1v) is 7.40. The quantitative estimate of drug-likeness (QED) is 0.870. The number of carbonyl (C=O) groups is 1. The Balaban J connectivity index is 2.36. The Kier molecular flexibility index (Phi) is 4.39. The summed E-state index contributed by atoms with van der Waals surface area (Å²) in [7, 11) is 1.83. The molecule has 0 bridgehead atoms. The van der Waals surface area contributed by atoms with Crippen LogP contribution in [0.15, 0.2) is 6.07 Å². The molecule has 108 valence electrons. The highest BCUT2D eigenvalue weighted by Crippen LogP contribution is 2.31. The van der Waals surface area contributed by atoms with Gasteiger partial charge in [0.15, 0.2) is 0 Å². The largest absolute Gasteiger partial charge is 0.368 e. The number of nitrogens with zero attached hydrogens (tertiary/aromatic N) is 3. The van der Waals surface area contributed by atoms with Crippen LogP contribution in [-0.2, 0) is 11.2 Å². The van der Waals surface area contributed by atoms with Crippen LogP contribution in [0.5, 0.6) is 0 Å². The Morgan fingerprint density at radius 1 is 1.45 bits per heavy atom. The molecule has 0 saturated heterocycles. The van der Waals surface area contributed by atoms with E-state index in [1.807, 2.05) is 14.0 Å². The molecule has 7 heteroatoms. The molecule has 0 atom stereocenters. The molecule has 0 aromatic carbocycles. The fourth-order valence-electron chi connectivity index (χ4n) is 1.98. The molecule has 20 heavy (non-hydrogen) atoms. The number of rotatable bonds is 5. The third-order valence-corrected chi connectivity index (χ3v) is 4.08. The van der Waals surface area contributed by atoms with Gasteiger partial charge in [-0.1, -0.05) is 6.92 Å². The second kappa shape index (κ2) is 6.04. The van der Waals surface area contributed by atoms with Crippen molar-refractivity contribution in [3.05, 3.63) is 10.9 Å². The third kappa shape index (κ3) is 2.98. The van der Waals surface area contributed by atoms with Gasteiger partial charge in [-0.15, -0.1) is 11.3 Å². The number of anilines is 2. The Hall–Kier alpha value is -1.89. The molecule has 0 unspecified atom stereocenters. The monoisotopic (exact) mass is 293 g/mol. The van der Waals surface area contributed by atoms with Crippen LogP contribution in [0.25, 0.3) is 10.2 Å². The van der Waals surface area contributed by atoms with Crippen molar-refractivity contribution in [1.82, 2.24) is 15.3 Å². The summed E-state index contributed by atoms with van der Waals surface area (Å²) in [5, 5.41) is 3.72. The van der Waals surface area contributed by atoms with Crippen molar-refractivity contribution in [3.63, 3.8) is 0 Å². The topological polar surface area (TPSA) is 84.1 Å². The molecule has 2 aromatic heterocycles. The van der Waals surface area contributed by atoms with E-state index in [0.717, 1.165) is 16.6 Å². The number of nitrogens with one attached hydrogen (secondary N) is 1. The lowest BCUT2D eigenvalue weighted by molar-refractivity contribution is -0.119. The summed E-state index contributed by atoms with van der Waals surface area (Å²) in [5.41, 5.74) is 5.76. The highest BCUT2D eigenvalue weighted by molar-refractivity contribution is 7.18. The zero-order valence-electron chi connectivity index (χ0n) is 11.9. The van der Waals surface area contributed by atoms with E-state index < -0.39 is 0 Å². The van der Waals surface area contributed by atoms with E-state index in [-0.39, 0.29) is 18.4 Å². The molecular weight excluding hydrogens is 274 g/mol. The lowest BCUT2D eigenvalue weighted by Gasteiger charge is -2.18. The first-order chi connectivity index (χ1) is 9.55. The number of nitrogens with two attached hydrogens (primary N) is 1. The molecule has 1 amide bonds. The summed E-state index contributed by atoms with van der Waals surface area (Å²) >= 11 is 1.61. The van der Waals surface area contributed by atoms with Crippen LogP contribution in [0, 0.1) is 0 Å². The standard InChI is InChI=1S/C13H19N5OS/c1-4-8-6-9-11(16-13(14)17-12(9)20-8)18(3)7-10(19)15-5-2/h6H,4-5,7H2,1-3H3,(H,15,19)(H2,14,16,17). The van der Waals surface area contributed by atoms with Crippen LogP contribution >= 0.6 is 11.3 Å². The maximum Gasteiger partial charge on any atom is 0.239 e. The maximum atomic E-state index is 11.7. The second-order valence-electron chi connectivity index (χ2n) is 4.50. The Labute approximate surface area is 122 Å². The van der Waals surface area contributed by atoms with Crippen molar-refractivity contribution < 1.29 is 4.79 Å². The van der Waals surface area contributed by atoms with Gasteiger partial charge in [0.2, 0.25) is 11.9 Å². The smallest absolute Gasteiger partial charge is 0.239 e. The van der Waals surface area contributed by atoms with E-state index in [9.17, 15) is 4.79 Å². The minimum Gasteiger partial charge on any atom is -0.368 e. The van der Waals surface area contributed by atoms with Crippen LogP contribution in [0.2, 0.25) is 0 Å². The number of fused-ring (bicyclic) bond motifs is 1. The van der Waals surface area contributed by atoms with Crippen LogP contribution in [0.4, 0.5) is 11.8 Å². The minimum atomic E-state index is -0.0359. The summed E-state index contributed by atoms with van der Waals surface area (Å²) in [6.07, 6.45) is 0.945. The zero-order chi connectivity index (χ0) is 14.7. The normalized spacial score (nSPS) is 10.8. The van der Waals surface area contributed by atoms with Gasteiger partial charge in [-0.05, 0) is 19.4 Å². The van der Waals surface area contributed by atoms with Gasteiger partial charge in [-0.3, -0.25) is 4.79 Å². The first kappa shape index (κ1) is 14.5. The van der Waals surface area contributed by atoms with Gasteiger partial charge in [-0.2, -0.15) is 4.98 Å². The zero-order valence-corrected chi connectivity index (χ0v) is 12.8. The van der Waals surface area contributed by atoms with Crippen LogP contribution in [0.1, 0.15) is 18.7 Å². The highest BCUT2D eigenvalue weighted by Gasteiger charge is 2.15. The van der Waals surface area contributed by atoms with E-state index in [1.54, 1.807) is 16.2 Å². The van der Waals surface area contributed by atoms with E-state index in [0.29, 0.717) is 12.4 Å². The number of hydrogen-bond donors (Lipinski definition) is 2. The number of carbonyl (C=O) groups excluding carboxylic acids is 1. The molecule has 0 aliphatic carbocycles. The van der Waals surface area contributed by atoms with Crippen molar-refractivity contribution in [2.75, 3.05) is 30.8 Å². The van der Waals surface area contributed by atoms with Gasteiger partial charge in [0, 0.05) is 18.5 Å². The van der Waals surface area contributed by atoms with Crippen molar-refractivity contribution in [3.8, 4) is 0 Å². The van der Waals surface area contributed by atoms with Gasteiger partial charge < -0.3 is 16.0 Å². The van der Waals surface area contributed by atoms with Crippen LogP contribution in [0.3, 0.4) is 0 Å². The fraction of sp³-hybridized carbons (Fsp3) is 0.462. The SMILES string of the molecule is CCNC(=O)CN(C)c1nc(N)nc2sc(CC)cc12. The minimum absolute atomic E-state index is 0.0359. The highest BCUT2D eigenvalue weighted by atomic mass is 32.1. The lowest BCUT2D eigenvalue weighted by atomic mass is 10.3. The number of hydrogen-bond acceptors (Lipinski definition) is 6. The van der Waals surface area contributed by atoms with E-state index >= 15 is 0 Å². The molecule has 6 nitrogen and oxygen atoms in total. The van der Waals surface area contributed by atoms with Gasteiger partial charge in [0.1, 0.15) is 10.6 Å². The molecule has 0 aliphatic heterocycles. The molecule has 0 aliphatic rings. The van der Waals surface area contributed by atoms with E-state index in [1.165, 1.54) is 4.88 Å². The summed E-state index contributed by atoms with van der Waals surface area (Å²) in [6, 6.07) is 2.07. The summed E-state index contributed by atoms with van der Waals surface area (Å²) in [4.78, 5) is 24.1. The van der Waals surface area contributed by atoms with Crippen molar-refractivity contribution >= 4 is 39.2 Å². The van der Waals surface area contributed by atoms with E-state index in [2.05, 4.69) is 28.3 Å². The lowest BCUT2D eigenvalue weighted by Crippen LogP contribution is -2.35. The Bertz CT molecular complexity index is 624. The average Bonchev–Trinajstić information content (AvgIpc) is 2.80. The van der Waals surface area contributed by atoms with Gasteiger partial charge in [0.25, 0.3) is 0 Å². The number of amides is 1. The molecule has 0 radical (unpaired) electrons. The van der Waals surface area contributed by atoms with E-state index in [4.69, 9.17) is 5.73 Å². The first-order valence-electron chi connectivity index (χ1n) is 6.58. The maximum absolute atomic E-state index is 11.7. The van der Waals surface area contributed by atoms with Gasteiger partial charge in [-0.25, -0.2) is 4.98 Å². The van der Waals surface area contributed by atoms with Crippen molar-refractivity contribution in [2.24, 2.45) is 0 Å². The molecular formula is C13H19N5OS. The molecule has 2 aromatic rings. The number of nitrogen functional groups attached to an aromatic ring is 1. The number of aromatic nitrogens is 2. The molecule has 3 N–H and O–H groups in total. The predicted octanol–water partition coefficient (Wildman–Crippen LogP) is 1.41. The molecule has 0 spiro atoms. The van der Waals surface area contributed by atoms with Gasteiger partial charge in [0.05, 0.1) is 11.9 Å². The van der Waals surface area contributed by atoms with Crippen molar-refractivity contribution in [1.29, 1.82) is 0 Å². The van der Waals surface area contributed by atoms with Crippen LogP contribution < -0.4 is 16.0 Å². The summed E-state index contributed by atoms with van der Waals surface area (Å²) in [5.74, 6) is 0.903. The Morgan fingerprint density at radius 3 is 2.85 bits per heavy atom. The molecule has 0 fully saturated rings. The number of likely N-dealkylation sites (N-methyl/N-ethyl adjacent to an activating group) is 2. The number of aryl methyl sites for hydroxylation is 1. The predicted molar refractivity (Wildman–Crippen MR) is 83.2 cm³/mol. The Morgan fingerprint density at radius 2 is 2.20 bits per heavy atom. The second-order valence-corrected chi connectivity index (χ2v) is 5.62. The number of thiophene rings is 1. The molecule has 2 rings (SSSR count). The van der Waals surface area contributed by atoms with Crippen molar-refractivity contribution in [2.45, 2.75) is 20.3 Å². The molecule has 2 heterocycles. The summed E-state index contributed by atoms with van der Waals surface area (Å²) < 4.78 is 0. The third-order valence-electron chi connectivity index (χ3n) is 2.91. The summed E-state index contributed by atoms with van der Waals surface area (Å²) in [6.45, 7) is 4.86. The fourth-order valence-corrected chi connectivity index (χ4v) is 2.95. The van der Waals surface area contributed by atoms with Crippen LogP contribution in [-0.4, -0.2) is 36.0 Å². The van der Waals surface area contributed by atoms with Gasteiger partial charge >= 0.3 is 0 Å². The average molecular weight is 293 g/mol. The molecule has 0 saturated carbocycles.